The molecule has 0 aromatic heterocycles. The molecule has 0 bridgehead atoms. The molecule has 0 aliphatic rings. The number of hydrogen-bond acceptors (Lipinski definition) is 1. The van der Waals surface area contributed by atoms with Gasteiger partial charge in [0, 0.05) is 11.1 Å². The Morgan fingerprint density at radius 1 is 1.50 bits per heavy atom. The van der Waals surface area contributed by atoms with E-state index in [2.05, 4.69) is 0 Å². The quantitative estimate of drug-likeness (QED) is 0.601. The van der Waals surface area contributed by atoms with E-state index in [4.69, 9.17) is 16.7 Å². The molecule has 0 aromatic carbocycles. The van der Waals surface area contributed by atoms with Crippen LogP contribution in [0.5, 0.6) is 0 Å². The Labute approximate surface area is 65.5 Å². The van der Waals surface area contributed by atoms with Gasteiger partial charge in [0.15, 0.2) is 0 Å². The summed E-state index contributed by atoms with van der Waals surface area (Å²) in [6, 6.07) is 0. The first-order valence-electron chi connectivity index (χ1n) is 2.94. The molecule has 0 atom stereocenters. The Balaban J connectivity index is 4.35. The molecule has 10 heavy (non-hydrogen) atoms. The monoisotopic (exact) mass is 162 g/mol. The molecule has 0 heterocycles. The van der Waals surface area contributed by atoms with Gasteiger partial charge in [-0.05, 0) is 5.41 Å². The van der Waals surface area contributed by atoms with Crippen molar-refractivity contribution in [1.82, 2.24) is 0 Å². The van der Waals surface area contributed by atoms with Crippen LogP contribution < -0.4 is 0 Å². The summed E-state index contributed by atoms with van der Waals surface area (Å²) < 4.78 is 0. The van der Waals surface area contributed by atoms with Crippen molar-refractivity contribution in [3.8, 4) is 0 Å². The maximum atomic E-state index is 10.1. The first-order valence-corrected chi connectivity index (χ1v) is 3.32. The smallest absolute Gasteiger partial charge is 0.329 e. The van der Waals surface area contributed by atoms with Crippen LogP contribution in [-0.4, -0.2) is 11.1 Å². The number of allylic oxidation sites excluding steroid dienone is 1. The Kier molecular flexibility index (Phi) is 2.91. The number of carboxylic acids is 1. The van der Waals surface area contributed by atoms with Crippen LogP contribution in [0.4, 0.5) is 0 Å². The fraction of sp³-hybridized carbons (Fsp3) is 0.571. The van der Waals surface area contributed by atoms with E-state index in [0.717, 1.165) is 6.08 Å². The van der Waals surface area contributed by atoms with Gasteiger partial charge in [0.25, 0.3) is 0 Å². The third kappa shape index (κ3) is 3.51. The summed E-state index contributed by atoms with van der Waals surface area (Å²) in [4.78, 5) is 10.1. The third-order valence-corrected chi connectivity index (χ3v) is 1.64. The minimum absolute atomic E-state index is 0.264. The van der Waals surface area contributed by atoms with E-state index in [1.54, 1.807) is 0 Å². The lowest BCUT2D eigenvalue weighted by atomic mass is 9.96. The minimum Gasteiger partial charge on any atom is -0.478 e. The molecule has 58 valence electrons. The number of carboxylic acid groups (broad SMARTS) is 1. The zero-order valence-corrected chi connectivity index (χ0v) is 7.07. The second kappa shape index (κ2) is 3.06. The van der Waals surface area contributed by atoms with Crippen LogP contribution >= 0.6 is 11.6 Å². The molecule has 0 aliphatic heterocycles. The van der Waals surface area contributed by atoms with E-state index in [1.165, 1.54) is 0 Å². The highest BCUT2D eigenvalue weighted by molar-refractivity contribution is 6.31. The lowest BCUT2D eigenvalue weighted by Gasteiger charge is -2.15. The molecule has 3 heteroatoms. The predicted octanol–water partition coefficient (Wildman–Crippen LogP) is 2.24. The highest BCUT2D eigenvalue weighted by Crippen LogP contribution is 2.27. The molecular weight excluding hydrogens is 152 g/mol. The van der Waals surface area contributed by atoms with E-state index < -0.39 is 5.97 Å². The molecule has 2 nitrogen and oxygen atoms in total. The van der Waals surface area contributed by atoms with Gasteiger partial charge in [-0.2, -0.15) is 0 Å². The van der Waals surface area contributed by atoms with Gasteiger partial charge in [-0.15, -0.1) is 0 Å². The largest absolute Gasteiger partial charge is 0.478 e. The molecule has 0 spiro atoms. The van der Waals surface area contributed by atoms with Crippen LogP contribution in [0.3, 0.4) is 0 Å². The molecule has 0 aliphatic carbocycles. The Morgan fingerprint density at radius 2 is 1.90 bits per heavy atom. The fourth-order valence-electron chi connectivity index (χ4n) is 0.325. The first kappa shape index (κ1) is 9.50. The van der Waals surface area contributed by atoms with Crippen LogP contribution in [-0.2, 0) is 4.79 Å². The topological polar surface area (TPSA) is 37.3 Å². The van der Waals surface area contributed by atoms with Crippen LogP contribution in [0, 0.1) is 5.41 Å². The lowest BCUT2D eigenvalue weighted by molar-refractivity contribution is -0.131. The number of carbonyl (C=O) groups is 1. The predicted molar refractivity (Wildman–Crippen MR) is 41.0 cm³/mol. The van der Waals surface area contributed by atoms with Gasteiger partial charge in [-0.3, -0.25) is 0 Å². The number of hydrogen-bond donors (Lipinski definition) is 1. The van der Waals surface area contributed by atoms with Crippen molar-refractivity contribution in [1.29, 1.82) is 0 Å². The van der Waals surface area contributed by atoms with Crippen molar-refractivity contribution >= 4 is 17.6 Å². The second-order valence-electron chi connectivity index (χ2n) is 3.08. The van der Waals surface area contributed by atoms with E-state index in [-0.39, 0.29) is 5.41 Å². The normalized spacial score (nSPS) is 13.4. The molecule has 0 rings (SSSR count). The maximum absolute atomic E-state index is 10.1. The summed E-state index contributed by atoms with van der Waals surface area (Å²) in [6.45, 7) is 5.57. The molecule has 0 aromatic rings. The molecule has 0 saturated carbocycles. The van der Waals surface area contributed by atoms with Gasteiger partial charge in [-0.1, -0.05) is 32.4 Å². The lowest BCUT2D eigenvalue weighted by Crippen LogP contribution is -2.06. The van der Waals surface area contributed by atoms with Crippen molar-refractivity contribution < 1.29 is 9.90 Å². The minimum atomic E-state index is -1.00. The van der Waals surface area contributed by atoms with Crippen molar-refractivity contribution in [3.05, 3.63) is 11.1 Å². The summed E-state index contributed by atoms with van der Waals surface area (Å²) in [5, 5.41) is 8.65. The van der Waals surface area contributed by atoms with Gasteiger partial charge >= 0.3 is 5.97 Å². The van der Waals surface area contributed by atoms with Crippen molar-refractivity contribution in [2.24, 2.45) is 5.41 Å². The van der Waals surface area contributed by atoms with E-state index in [0.29, 0.717) is 5.03 Å². The Morgan fingerprint density at radius 3 is 2.00 bits per heavy atom. The second-order valence-corrected chi connectivity index (χ2v) is 3.49. The van der Waals surface area contributed by atoms with Gasteiger partial charge in [0.1, 0.15) is 0 Å². The number of aliphatic carboxylic acids is 1. The third-order valence-electron chi connectivity index (χ3n) is 0.967. The summed E-state index contributed by atoms with van der Waals surface area (Å²) in [5.41, 5.74) is -0.264. The molecule has 0 saturated heterocycles. The summed E-state index contributed by atoms with van der Waals surface area (Å²) in [6.07, 6.45) is 1.02. The Bertz CT molecular complexity index is 165. The molecule has 1 N–H and O–H groups in total. The molecule has 0 radical (unpaired) electrons. The summed E-state index contributed by atoms with van der Waals surface area (Å²) in [5.74, 6) is -1.00. The number of halogens is 1. The van der Waals surface area contributed by atoms with E-state index >= 15 is 0 Å². The standard InChI is InChI=1S/C7H11ClO2/c1-7(2,3)5(8)4-6(9)10/h4H,1-3H3,(H,9,10)/b5-4-. The van der Waals surface area contributed by atoms with Gasteiger partial charge < -0.3 is 5.11 Å². The van der Waals surface area contributed by atoms with E-state index in [1.807, 2.05) is 20.8 Å². The highest BCUT2D eigenvalue weighted by atomic mass is 35.5. The molecular formula is C7H11ClO2. The SMILES string of the molecule is CC(C)(C)/C(Cl)=C/C(=O)O. The average Bonchev–Trinajstić information content (AvgIpc) is 1.60. The van der Waals surface area contributed by atoms with E-state index in [9.17, 15) is 4.79 Å². The van der Waals surface area contributed by atoms with Gasteiger partial charge in [0.2, 0.25) is 0 Å². The maximum Gasteiger partial charge on any atom is 0.329 e. The zero-order chi connectivity index (χ0) is 8.36. The molecule has 0 unspecified atom stereocenters. The first-order chi connectivity index (χ1) is 4.34. The van der Waals surface area contributed by atoms with Gasteiger partial charge in [-0.25, -0.2) is 4.79 Å². The van der Waals surface area contributed by atoms with Crippen molar-refractivity contribution in [3.63, 3.8) is 0 Å². The Hall–Kier alpha value is -0.500. The highest BCUT2D eigenvalue weighted by Gasteiger charge is 2.15. The van der Waals surface area contributed by atoms with Crippen LogP contribution in [0.25, 0.3) is 0 Å². The molecule has 0 fully saturated rings. The average molecular weight is 163 g/mol. The zero-order valence-electron chi connectivity index (χ0n) is 6.31. The fourth-order valence-corrected chi connectivity index (χ4v) is 0.418. The molecule has 0 amide bonds. The van der Waals surface area contributed by atoms with Crippen LogP contribution in [0.15, 0.2) is 11.1 Å². The van der Waals surface area contributed by atoms with Crippen LogP contribution in [0.1, 0.15) is 20.8 Å². The van der Waals surface area contributed by atoms with Crippen molar-refractivity contribution in [2.45, 2.75) is 20.8 Å². The number of rotatable bonds is 1. The summed E-state index contributed by atoms with van der Waals surface area (Å²) in [7, 11) is 0. The van der Waals surface area contributed by atoms with Crippen LogP contribution in [0.2, 0.25) is 0 Å². The van der Waals surface area contributed by atoms with Gasteiger partial charge in [0.05, 0.1) is 0 Å². The van der Waals surface area contributed by atoms with Crippen molar-refractivity contribution in [2.75, 3.05) is 0 Å². The summed E-state index contributed by atoms with van der Waals surface area (Å²) >= 11 is 5.63.